The predicted molar refractivity (Wildman–Crippen MR) is 147 cm³/mol. The lowest BCUT2D eigenvalue weighted by Crippen LogP contribution is -2.40. The number of halogens is 1. The molecule has 0 radical (unpaired) electrons. The first-order chi connectivity index (χ1) is 17.0. The average molecular weight is 515 g/mol. The third-order valence-electron chi connectivity index (χ3n) is 6.58. The molecule has 5 nitrogen and oxygen atoms in total. The topological polar surface area (TPSA) is 69.6 Å². The summed E-state index contributed by atoms with van der Waals surface area (Å²) in [5.41, 5.74) is 2.74. The maximum Gasteiger partial charge on any atom is 0.319 e. The van der Waals surface area contributed by atoms with Crippen molar-refractivity contribution < 1.29 is 19.1 Å². The van der Waals surface area contributed by atoms with Crippen LogP contribution in [0.4, 0.5) is 15.8 Å². The lowest BCUT2D eigenvalue weighted by atomic mass is 9.93. The van der Waals surface area contributed by atoms with E-state index in [2.05, 4.69) is 24.1 Å². The first-order valence-corrected chi connectivity index (χ1v) is 13.7. The van der Waals surface area contributed by atoms with E-state index >= 15 is 0 Å². The number of rotatable bonds is 10. The Morgan fingerprint density at radius 1 is 1.14 bits per heavy atom. The SMILES string of the molecule is Cc1ccc(CC(=O)Nc2cc(SC(C)(C)C(=O)O)ccc2N(CC(C)C)C2CCCCC2)c(F)c1. The van der Waals surface area contributed by atoms with Crippen LogP contribution < -0.4 is 10.2 Å². The van der Waals surface area contributed by atoms with Crippen LogP contribution in [0.25, 0.3) is 0 Å². The van der Waals surface area contributed by atoms with Crippen LogP contribution in [-0.2, 0) is 16.0 Å². The first-order valence-electron chi connectivity index (χ1n) is 12.8. The van der Waals surface area contributed by atoms with Crippen molar-refractivity contribution in [2.45, 2.75) is 88.8 Å². The second kappa shape index (κ2) is 12.1. The number of carbonyl (C=O) groups is 2. The number of aryl methyl sites for hydroxylation is 1. The standard InChI is InChI=1S/C29H39FN2O3S/c1-19(2)18-32(22-9-7-6-8-10-22)26-14-13-23(36-29(4,5)28(34)35)17-25(26)31-27(33)16-21-12-11-20(3)15-24(21)30/h11-15,17,19,22H,6-10,16,18H2,1-5H3,(H,31,33)(H,34,35). The Kier molecular flexibility index (Phi) is 9.45. The Hall–Kier alpha value is -2.54. The van der Waals surface area contributed by atoms with E-state index in [1.807, 2.05) is 25.1 Å². The zero-order valence-electron chi connectivity index (χ0n) is 22.1. The fraction of sp³-hybridized carbons (Fsp3) is 0.517. The summed E-state index contributed by atoms with van der Waals surface area (Å²) in [6, 6.07) is 11.1. The minimum atomic E-state index is -1.02. The predicted octanol–water partition coefficient (Wildman–Crippen LogP) is 7.07. The van der Waals surface area contributed by atoms with Crippen molar-refractivity contribution in [1.29, 1.82) is 0 Å². The number of anilines is 2. The lowest BCUT2D eigenvalue weighted by molar-refractivity contribution is -0.138. The van der Waals surface area contributed by atoms with Crippen molar-refractivity contribution in [2.24, 2.45) is 5.92 Å². The quantitative estimate of drug-likeness (QED) is 0.332. The number of benzene rings is 2. The number of nitrogens with one attached hydrogen (secondary N) is 1. The fourth-order valence-corrected chi connectivity index (χ4v) is 5.65. The van der Waals surface area contributed by atoms with Crippen molar-refractivity contribution in [3.05, 3.63) is 53.3 Å². The molecule has 1 aliphatic carbocycles. The van der Waals surface area contributed by atoms with E-state index in [1.54, 1.807) is 26.0 Å². The van der Waals surface area contributed by atoms with E-state index < -0.39 is 10.7 Å². The summed E-state index contributed by atoms with van der Waals surface area (Å²) >= 11 is 1.24. The van der Waals surface area contributed by atoms with Gasteiger partial charge in [-0.1, -0.05) is 45.2 Å². The highest BCUT2D eigenvalue weighted by atomic mass is 32.2. The van der Waals surface area contributed by atoms with Gasteiger partial charge in [0.2, 0.25) is 5.91 Å². The second-order valence-corrected chi connectivity index (χ2v) is 12.5. The Bertz CT molecular complexity index is 1080. The zero-order valence-corrected chi connectivity index (χ0v) is 22.9. The summed E-state index contributed by atoms with van der Waals surface area (Å²) in [5.74, 6) is -1.16. The van der Waals surface area contributed by atoms with Crippen LogP contribution in [0.3, 0.4) is 0 Å². The van der Waals surface area contributed by atoms with Gasteiger partial charge in [-0.2, -0.15) is 0 Å². The third kappa shape index (κ3) is 7.48. The van der Waals surface area contributed by atoms with Gasteiger partial charge in [-0.25, -0.2) is 4.39 Å². The molecule has 1 aliphatic rings. The van der Waals surface area contributed by atoms with E-state index in [1.165, 1.54) is 37.1 Å². The van der Waals surface area contributed by atoms with Gasteiger partial charge in [0.05, 0.1) is 17.8 Å². The molecular weight excluding hydrogens is 475 g/mol. The van der Waals surface area contributed by atoms with Gasteiger partial charge in [0.25, 0.3) is 0 Å². The zero-order chi connectivity index (χ0) is 26.5. The van der Waals surface area contributed by atoms with E-state index in [0.717, 1.165) is 35.5 Å². The van der Waals surface area contributed by atoms with Gasteiger partial charge in [-0.15, -0.1) is 11.8 Å². The molecule has 0 atom stereocenters. The van der Waals surface area contributed by atoms with Crippen LogP contribution in [0, 0.1) is 18.7 Å². The summed E-state index contributed by atoms with van der Waals surface area (Å²) < 4.78 is 13.4. The molecule has 36 heavy (non-hydrogen) atoms. The smallest absolute Gasteiger partial charge is 0.319 e. The average Bonchev–Trinajstić information content (AvgIpc) is 2.80. The molecule has 196 valence electrons. The number of nitrogens with zero attached hydrogens (tertiary/aromatic N) is 1. The molecule has 2 aromatic rings. The van der Waals surface area contributed by atoms with Crippen LogP contribution in [0.2, 0.25) is 0 Å². The molecule has 2 aromatic carbocycles. The largest absolute Gasteiger partial charge is 0.480 e. The molecule has 0 heterocycles. The summed E-state index contributed by atoms with van der Waals surface area (Å²) in [6.45, 7) is 10.4. The van der Waals surface area contributed by atoms with Crippen LogP contribution in [0.1, 0.15) is 70.9 Å². The summed E-state index contributed by atoms with van der Waals surface area (Å²) in [6.07, 6.45) is 5.77. The number of hydrogen-bond acceptors (Lipinski definition) is 4. The molecular formula is C29H39FN2O3S. The normalized spacial score (nSPS) is 14.6. The molecule has 1 amide bonds. The van der Waals surface area contributed by atoms with Crippen molar-refractivity contribution >= 4 is 35.0 Å². The first kappa shape index (κ1) is 28.0. The van der Waals surface area contributed by atoms with Gasteiger partial charge in [0.15, 0.2) is 0 Å². The molecule has 0 saturated heterocycles. The molecule has 2 N–H and O–H groups in total. The summed E-state index contributed by atoms with van der Waals surface area (Å²) in [5, 5.41) is 12.6. The molecule has 0 spiro atoms. The Labute approximate surface area is 218 Å². The number of aliphatic carboxylic acids is 1. The summed E-state index contributed by atoms with van der Waals surface area (Å²) in [4.78, 5) is 28.0. The fourth-order valence-electron chi connectivity index (χ4n) is 4.66. The van der Waals surface area contributed by atoms with Gasteiger partial charge >= 0.3 is 5.97 Å². The van der Waals surface area contributed by atoms with Gasteiger partial charge in [0.1, 0.15) is 10.6 Å². The Morgan fingerprint density at radius 3 is 2.44 bits per heavy atom. The Morgan fingerprint density at radius 2 is 1.83 bits per heavy atom. The Balaban J connectivity index is 1.96. The monoisotopic (exact) mass is 514 g/mol. The van der Waals surface area contributed by atoms with Crippen molar-refractivity contribution in [3.8, 4) is 0 Å². The maximum atomic E-state index is 14.4. The van der Waals surface area contributed by atoms with E-state index in [9.17, 15) is 19.1 Å². The molecule has 0 bridgehead atoms. The number of carbonyl (C=O) groups excluding carboxylic acids is 1. The molecule has 1 saturated carbocycles. The minimum Gasteiger partial charge on any atom is -0.480 e. The number of thioether (sulfide) groups is 1. The van der Waals surface area contributed by atoms with Gasteiger partial charge in [0, 0.05) is 17.5 Å². The molecule has 0 aliphatic heterocycles. The third-order valence-corrected chi connectivity index (χ3v) is 7.75. The van der Waals surface area contributed by atoms with E-state index in [4.69, 9.17) is 0 Å². The van der Waals surface area contributed by atoms with Crippen molar-refractivity contribution in [3.63, 3.8) is 0 Å². The van der Waals surface area contributed by atoms with Gasteiger partial charge in [-0.3, -0.25) is 9.59 Å². The highest BCUT2D eigenvalue weighted by Gasteiger charge is 2.30. The molecule has 7 heteroatoms. The van der Waals surface area contributed by atoms with Crippen molar-refractivity contribution in [2.75, 3.05) is 16.8 Å². The van der Waals surface area contributed by atoms with Gasteiger partial charge in [-0.05, 0) is 74.9 Å². The molecule has 1 fully saturated rings. The number of hydrogen-bond donors (Lipinski definition) is 2. The maximum absolute atomic E-state index is 14.4. The number of carboxylic acid groups (broad SMARTS) is 1. The van der Waals surface area contributed by atoms with E-state index in [-0.39, 0.29) is 18.1 Å². The van der Waals surface area contributed by atoms with Crippen molar-refractivity contribution in [1.82, 2.24) is 0 Å². The molecule has 0 aromatic heterocycles. The van der Waals surface area contributed by atoms with Crippen LogP contribution in [-0.4, -0.2) is 34.3 Å². The molecule has 0 unspecified atom stereocenters. The highest BCUT2D eigenvalue weighted by molar-refractivity contribution is 8.01. The van der Waals surface area contributed by atoms with Crippen LogP contribution >= 0.6 is 11.8 Å². The highest BCUT2D eigenvalue weighted by Crippen LogP contribution is 2.39. The second-order valence-electron chi connectivity index (χ2n) is 10.8. The molecule has 3 rings (SSSR count). The number of carboxylic acids is 1. The summed E-state index contributed by atoms with van der Waals surface area (Å²) in [7, 11) is 0. The number of amides is 1. The lowest BCUT2D eigenvalue weighted by Gasteiger charge is -2.38. The van der Waals surface area contributed by atoms with Crippen LogP contribution in [0.15, 0.2) is 41.3 Å². The minimum absolute atomic E-state index is 0.0723. The van der Waals surface area contributed by atoms with Gasteiger partial charge < -0.3 is 15.3 Å². The van der Waals surface area contributed by atoms with Crippen LogP contribution in [0.5, 0.6) is 0 Å². The van der Waals surface area contributed by atoms with E-state index in [0.29, 0.717) is 23.2 Å².